The van der Waals surface area contributed by atoms with Gasteiger partial charge in [0.1, 0.15) is 5.82 Å². The van der Waals surface area contributed by atoms with Gasteiger partial charge in [-0.1, -0.05) is 44.2 Å². The zero-order valence-electron chi connectivity index (χ0n) is 16.9. The minimum absolute atomic E-state index is 0.114. The Morgan fingerprint density at radius 2 is 1.93 bits per heavy atom. The number of hydrogen-bond acceptors (Lipinski definition) is 3. The lowest BCUT2D eigenvalue weighted by atomic mass is 10.1. The Balaban J connectivity index is 1.99. The molecular formula is C23H28N4O. The lowest BCUT2D eigenvalue weighted by molar-refractivity contribution is -0.115. The summed E-state index contributed by atoms with van der Waals surface area (Å²) in [6, 6.07) is 16.4. The van der Waals surface area contributed by atoms with Crippen LogP contribution in [0, 0.1) is 0 Å². The van der Waals surface area contributed by atoms with Crippen molar-refractivity contribution >= 4 is 23.0 Å². The van der Waals surface area contributed by atoms with Gasteiger partial charge in [-0.05, 0) is 42.9 Å². The third kappa shape index (κ3) is 4.49. The third-order valence-corrected chi connectivity index (χ3v) is 5.01. The average molecular weight is 377 g/mol. The molecule has 0 aliphatic carbocycles. The fraction of sp³-hybridized carbons (Fsp3) is 0.304. The number of benzene rings is 2. The summed E-state index contributed by atoms with van der Waals surface area (Å²) in [7, 11) is 1.63. The van der Waals surface area contributed by atoms with Crippen LogP contribution in [0.15, 0.2) is 54.6 Å². The molecule has 1 N–H and O–H groups in total. The van der Waals surface area contributed by atoms with Crippen molar-refractivity contribution in [2.24, 2.45) is 0 Å². The first-order valence-corrected chi connectivity index (χ1v) is 9.84. The highest BCUT2D eigenvalue weighted by atomic mass is 16.1. The van der Waals surface area contributed by atoms with E-state index in [1.807, 2.05) is 24.3 Å². The van der Waals surface area contributed by atoms with Crippen LogP contribution in [0.4, 0.5) is 0 Å². The number of aromatic nitrogens is 2. The molecule has 0 saturated carbocycles. The number of carbonyl (C=O) groups is 1. The summed E-state index contributed by atoms with van der Waals surface area (Å²) in [5.74, 6) is 0.848. The van der Waals surface area contributed by atoms with Gasteiger partial charge >= 0.3 is 0 Å². The van der Waals surface area contributed by atoms with Gasteiger partial charge in [0.25, 0.3) is 0 Å². The Labute approximate surface area is 166 Å². The number of para-hydroxylation sites is 2. The molecule has 0 saturated heterocycles. The molecule has 0 bridgehead atoms. The van der Waals surface area contributed by atoms with Crippen molar-refractivity contribution in [3.63, 3.8) is 0 Å². The Bertz CT molecular complexity index is 970. The number of rotatable bonds is 8. The number of nitrogens with zero attached hydrogens (tertiary/aromatic N) is 3. The molecule has 28 heavy (non-hydrogen) atoms. The highest BCUT2D eigenvalue weighted by Gasteiger charge is 2.13. The molecule has 3 rings (SSSR count). The van der Waals surface area contributed by atoms with Crippen molar-refractivity contribution in [3.8, 4) is 11.4 Å². The molecule has 5 heteroatoms. The summed E-state index contributed by atoms with van der Waals surface area (Å²) in [5, 5.41) is 2.60. The standard InChI is InChI=1S/C23H28N4O/c1-4-26(5-2)15-16-27-21-12-7-6-11-20(21)25-23(27)19-10-8-9-18(17-19)13-14-22(28)24-3/h6-14,17H,4-5,15-16H2,1-3H3,(H,24,28)/b14-13+. The van der Waals surface area contributed by atoms with Crippen LogP contribution >= 0.6 is 0 Å². The summed E-state index contributed by atoms with van der Waals surface area (Å²) < 4.78 is 2.30. The first-order chi connectivity index (χ1) is 13.7. The molecule has 2 aromatic carbocycles. The van der Waals surface area contributed by atoms with Crippen LogP contribution in [0.1, 0.15) is 19.4 Å². The van der Waals surface area contributed by atoms with E-state index in [-0.39, 0.29) is 5.91 Å². The summed E-state index contributed by atoms with van der Waals surface area (Å²) in [6.07, 6.45) is 3.37. The molecule has 0 fully saturated rings. The van der Waals surface area contributed by atoms with E-state index in [0.29, 0.717) is 0 Å². The highest BCUT2D eigenvalue weighted by Crippen LogP contribution is 2.26. The van der Waals surface area contributed by atoms with Crippen molar-refractivity contribution in [1.82, 2.24) is 19.8 Å². The summed E-state index contributed by atoms with van der Waals surface area (Å²) in [5.41, 5.74) is 4.18. The smallest absolute Gasteiger partial charge is 0.243 e. The molecule has 0 radical (unpaired) electrons. The Morgan fingerprint density at radius 1 is 1.14 bits per heavy atom. The minimum Gasteiger partial charge on any atom is -0.356 e. The molecule has 146 valence electrons. The van der Waals surface area contributed by atoms with Crippen molar-refractivity contribution < 1.29 is 4.79 Å². The number of fused-ring (bicyclic) bond motifs is 1. The van der Waals surface area contributed by atoms with Crippen molar-refractivity contribution in [1.29, 1.82) is 0 Å². The molecule has 1 amide bonds. The molecule has 0 aliphatic heterocycles. The highest BCUT2D eigenvalue weighted by molar-refractivity contribution is 5.91. The maximum absolute atomic E-state index is 11.5. The van der Waals surface area contributed by atoms with E-state index in [0.717, 1.165) is 54.2 Å². The summed E-state index contributed by atoms with van der Waals surface area (Å²) >= 11 is 0. The first kappa shape index (κ1) is 19.8. The van der Waals surface area contributed by atoms with E-state index in [2.05, 4.69) is 59.0 Å². The number of amides is 1. The van der Waals surface area contributed by atoms with Crippen LogP contribution in [0.2, 0.25) is 0 Å². The second kappa shape index (κ2) is 9.33. The van der Waals surface area contributed by atoms with E-state index in [1.54, 1.807) is 13.1 Å². The topological polar surface area (TPSA) is 50.2 Å². The van der Waals surface area contributed by atoms with Crippen LogP contribution < -0.4 is 5.32 Å². The van der Waals surface area contributed by atoms with Gasteiger partial charge in [0.05, 0.1) is 11.0 Å². The van der Waals surface area contributed by atoms with Crippen LogP contribution in [0.25, 0.3) is 28.5 Å². The van der Waals surface area contributed by atoms with Gasteiger partial charge in [-0.25, -0.2) is 4.98 Å². The van der Waals surface area contributed by atoms with Gasteiger partial charge in [0.15, 0.2) is 0 Å². The summed E-state index contributed by atoms with van der Waals surface area (Å²) in [6.45, 7) is 8.33. The van der Waals surface area contributed by atoms with Crippen LogP contribution in [0.3, 0.4) is 0 Å². The molecule has 1 heterocycles. The lowest BCUT2D eigenvalue weighted by Crippen LogP contribution is -2.27. The van der Waals surface area contributed by atoms with Crippen molar-refractivity contribution in [2.45, 2.75) is 20.4 Å². The van der Waals surface area contributed by atoms with Gasteiger partial charge in [-0.3, -0.25) is 4.79 Å². The normalized spacial score (nSPS) is 11.6. The third-order valence-electron chi connectivity index (χ3n) is 5.01. The van der Waals surface area contributed by atoms with Gasteiger partial charge < -0.3 is 14.8 Å². The van der Waals surface area contributed by atoms with E-state index in [9.17, 15) is 4.79 Å². The van der Waals surface area contributed by atoms with E-state index < -0.39 is 0 Å². The molecule has 0 spiro atoms. The number of likely N-dealkylation sites (N-methyl/N-ethyl adjacent to an activating group) is 2. The fourth-order valence-electron chi connectivity index (χ4n) is 3.34. The second-order valence-corrected chi connectivity index (χ2v) is 6.68. The quantitative estimate of drug-likeness (QED) is 0.608. The van der Waals surface area contributed by atoms with Crippen LogP contribution in [-0.4, -0.2) is 47.0 Å². The molecule has 5 nitrogen and oxygen atoms in total. The molecule has 0 aliphatic rings. The van der Waals surface area contributed by atoms with Crippen molar-refractivity contribution in [3.05, 3.63) is 60.2 Å². The molecule has 0 atom stereocenters. The first-order valence-electron chi connectivity index (χ1n) is 9.84. The Hall–Kier alpha value is -2.92. The number of hydrogen-bond donors (Lipinski definition) is 1. The maximum Gasteiger partial charge on any atom is 0.243 e. The molecule has 3 aromatic rings. The van der Waals surface area contributed by atoms with Gasteiger partial charge in [0.2, 0.25) is 5.91 Å². The maximum atomic E-state index is 11.5. The van der Waals surface area contributed by atoms with E-state index in [1.165, 1.54) is 0 Å². The van der Waals surface area contributed by atoms with E-state index >= 15 is 0 Å². The molecule has 1 aromatic heterocycles. The number of imidazole rings is 1. The van der Waals surface area contributed by atoms with E-state index in [4.69, 9.17) is 4.98 Å². The monoisotopic (exact) mass is 376 g/mol. The second-order valence-electron chi connectivity index (χ2n) is 6.68. The Kier molecular flexibility index (Phi) is 6.61. The van der Waals surface area contributed by atoms with Gasteiger partial charge in [0, 0.05) is 31.8 Å². The average Bonchev–Trinajstić information content (AvgIpc) is 3.11. The zero-order chi connectivity index (χ0) is 19.9. The molecular weight excluding hydrogens is 348 g/mol. The predicted octanol–water partition coefficient (Wildman–Crippen LogP) is 3.80. The van der Waals surface area contributed by atoms with Gasteiger partial charge in [-0.15, -0.1) is 0 Å². The Morgan fingerprint density at radius 3 is 2.68 bits per heavy atom. The largest absolute Gasteiger partial charge is 0.356 e. The number of nitrogens with one attached hydrogen (secondary N) is 1. The zero-order valence-corrected chi connectivity index (χ0v) is 16.9. The molecule has 0 unspecified atom stereocenters. The fourth-order valence-corrected chi connectivity index (χ4v) is 3.34. The van der Waals surface area contributed by atoms with Crippen LogP contribution in [-0.2, 0) is 11.3 Å². The summed E-state index contributed by atoms with van der Waals surface area (Å²) in [4.78, 5) is 18.8. The minimum atomic E-state index is -0.114. The lowest BCUT2D eigenvalue weighted by Gasteiger charge is -2.19. The van der Waals surface area contributed by atoms with Crippen LogP contribution in [0.5, 0.6) is 0 Å². The SMILES string of the molecule is CCN(CC)CCn1c(-c2cccc(/C=C/C(=O)NC)c2)nc2ccccc21. The number of carbonyl (C=O) groups excluding carboxylic acids is 1. The van der Waals surface area contributed by atoms with Crippen molar-refractivity contribution in [2.75, 3.05) is 26.7 Å². The van der Waals surface area contributed by atoms with Gasteiger partial charge in [-0.2, -0.15) is 0 Å². The predicted molar refractivity (Wildman–Crippen MR) is 116 cm³/mol.